The van der Waals surface area contributed by atoms with E-state index in [2.05, 4.69) is 10.3 Å². The molecule has 0 unspecified atom stereocenters. The second-order valence-corrected chi connectivity index (χ2v) is 7.22. The van der Waals surface area contributed by atoms with Crippen LogP contribution < -0.4 is 5.32 Å². The van der Waals surface area contributed by atoms with Crippen LogP contribution in [0.2, 0.25) is 10.2 Å². The Balaban J connectivity index is 1.65. The van der Waals surface area contributed by atoms with Crippen molar-refractivity contribution >= 4 is 47.0 Å². The van der Waals surface area contributed by atoms with Crippen molar-refractivity contribution < 1.29 is 14.6 Å². The summed E-state index contributed by atoms with van der Waals surface area (Å²) in [5.74, 6) is -0.422. The number of fused-ring (bicyclic) bond motifs is 1. The van der Waals surface area contributed by atoms with Crippen LogP contribution in [0.25, 0.3) is 5.69 Å². The lowest BCUT2D eigenvalue weighted by atomic mass is 10.2. The Kier molecular flexibility index (Phi) is 5.11. The highest BCUT2D eigenvalue weighted by molar-refractivity contribution is 7.71. The maximum absolute atomic E-state index is 12.3. The quantitative estimate of drug-likeness (QED) is 0.474. The van der Waals surface area contributed by atoms with Gasteiger partial charge in [-0.15, -0.1) is 0 Å². The Morgan fingerprint density at radius 2 is 2.11 bits per heavy atom. The Bertz CT molecular complexity index is 1140. The number of carbonyl (C=O) groups is 1. The number of benzene rings is 1. The SMILES string of the molecule is O=C(Nc1ccc(-n2c(O)c3n(c2=S)CCOC3)c(Cl)c1)c1cccc(Cl)n1. The number of ether oxygens (including phenoxy) is 1. The number of aromatic hydroxyl groups is 1. The summed E-state index contributed by atoms with van der Waals surface area (Å²) in [6.45, 7) is 1.37. The lowest BCUT2D eigenvalue weighted by molar-refractivity contribution is 0.0825. The Morgan fingerprint density at radius 3 is 2.82 bits per heavy atom. The lowest BCUT2D eigenvalue weighted by Crippen LogP contribution is -2.16. The fraction of sp³-hybridized carbons (Fsp3) is 0.167. The molecule has 3 heterocycles. The van der Waals surface area contributed by atoms with E-state index in [0.717, 1.165) is 0 Å². The van der Waals surface area contributed by atoms with E-state index in [4.69, 9.17) is 40.2 Å². The highest BCUT2D eigenvalue weighted by Gasteiger charge is 2.22. The third-order valence-electron chi connectivity index (χ3n) is 4.31. The summed E-state index contributed by atoms with van der Waals surface area (Å²) in [6, 6.07) is 9.70. The summed E-state index contributed by atoms with van der Waals surface area (Å²) in [6.07, 6.45) is 0. The van der Waals surface area contributed by atoms with Gasteiger partial charge < -0.3 is 19.7 Å². The standard InChI is InChI=1S/C18H14Cl2N4O3S/c19-11-8-10(21-16(25)12-2-1-3-15(20)22-12)4-5-13(11)24-17(26)14-9-27-7-6-23(14)18(24)28/h1-5,8,26H,6-7,9H2,(H,21,25). The van der Waals surface area contributed by atoms with E-state index >= 15 is 0 Å². The minimum Gasteiger partial charge on any atom is -0.493 e. The monoisotopic (exact) mass is 436 g/mol. The third-order valence-corrected chi connectivity index (χ3v) is 5.23. The average Bonchev–Trinajstić information content (AvgIpc) is 2.93. The fourth-order valence-electron chi connectivity index (χ4n) is 2.99. The van der Waals surface area contributed by atoms with Crippen LogP contribution in [0.3, 0.4) is 0 Å². The van der Waals surface area contributed by atoms with Crippen molar-refractivity contribution in [2.45, 2.75) is 13.2 Å². The van der Waals surface area contributed by atoms with E-state index in [1.807, 2.05) is 4.57 Å². The number of pyridine rings is 1. The van der Waals surface area contributed by atoms with E-state index in [9.17, 15) is 9.90 Å². The summed E-state index contributed by atoms with van der Waals surface area (Å²) in [7, 11) is 0. The molecule has 0 atom stereocenters. The number of aromatic nitrogens is 3. The number of carbonyl (C=O) groups excluding carboxylic acids is 1. The van der Waals surface area contributed by atoms with Gasteiger partial charge in [0.15, 0.2) is 4.77 Å². The number of nitrogens with one attached hydrogen (secondary N) is 1. The number of hydrogen-bond acceptors (Lipinski definition) is 5. The molecule has 0 fully saturated rings. The summed E-state index contributed by atoms with van der Waals surface area (Å²) >= 11 is 17.7. The summed E-state index contributed by atoms with van der Waals surface area (Å²) in [4.78, 5) is 16.3. The third kappa shape index (κ3) is 3.40. The van der Waals surface area contributed by atoms with Gasteiger partial charge in [0, 0.05) is 12.2 Å². The molecule has 144 valence electrons. The van der Waals surface area contributed by atoms with Gasteiger partial charge in [-0.3, -0.25) is 9.36 Å². The molecule has 0 bridgehead atoms. The largest absolute Gasteiger partial charge is 0.493 e. The number of rotatable bonds is 3. The van der Waals surface area contributed by atoms with Gasteiger partial charge in [0.1, 0.15) is 16.5 Å². The number of anilines is 1. The second-order valence-electron chi connectivity index (χ2n) is 6.06. The van der Waals surface area contributed by atoms with Gasteiger partial charge in [-0.1, -0.05) is 29.3 Å². The number of imidazole rings is 1. The molecule has 0 spiro atoms. The molecule has 4 rings (SSSR count). The molecule has 0 saturated heterocycles. The van der Waals surface area contributed by atoms with Gasteiger partial charge in [0.2, 0.25) is 5.88 Å². The first-order valence-corrected chi connectivity index (χ1v) is 9.47. The molecule has 0 aliphatic carbocycles. The molecular weight excluding hydrogens is 423 g/mol. The first kappa shape index (κ1) is 18.9. The number of hydrogen-bond donors (Lipinski definition) is 2. The summed E-state index contributed by atoms with van der Waals surface area (Å²) in [5.41, 5.74) is 1.77. The van der Waals surface area contributed by atoms with Gasteiger partial charge in [-0.2, -0.15) is 0 Å². The molecule has 1 amide bonds. The zero-order valence-corrected chi connectivity index (χ0v) is 16.7. The van der Waals surface area contributed by atoms with Crippen molar-refractivity contribution in [1.29, 1.82) is 0 Å². The van der Waals surface area contributed by atoms with Crippen LogP contribution >= 0.6 is 35.4 Å². The summed E-state index contributed by atoms with van der Waals surface area (Å²) < 4.78 is 9.13. The van der Waals surface area contributed by atoms with Gasteiger partial charge in [0.25, 0.3) is 5.91 Å². The smallest absolute Gasteiger partial charge is 0.274 e. The molecule has 1 aromatic carbocycles. The number of amides is 1. The lowest BCUT2D eigenvalue weighted by Gasteiger charge is -2.14. The molecule has 3 aromatic rings. The van der Waals surface area contributed by atoms with Crippen molar-refractivity contribution in [1.82, 2.24) is 14.1 Å². The normalized spacial score (nSPS) is 13.2. The van der Waals surface area contributed by atoms with Crippen LogP contribution in [0, 0.1) is 4.77 Å². The first-order chi connectivity index (χ1) is 13.5. The van der Waals surface area contributed by atoms with Gasteiger partial charge in [-0.25, -0.2) is 4.98 Å². The zero-order valence-electron chi connectivity index (χ0n) is 14.4. The zero-order chi connectivity index (χ0) is 19.8. The van der Waals surface area contributed by atoms with Crippen LogP contribution in [0.15, 0.2) is 36.4 Å². The van der Waals surface area contributed by atoms with Crippen LogP contribution in [0.4, 0.5) is 5.69 Å². The molecule has 7 nitrogen and oxygen atoms in total. The fourth-order valence-corrected chi connectivity index (χ4v) is 3.80. The molecule has 2 N–H and O–H groups in total. The highest BCUT2D eigenvalue weighted by Crippen LogP contribution is 2.32. The minimum absolute atomic E-state index is 0.00786. The maximum atomic E-state index is 12.3. The van der Waals surface area contributed by atoms with Crippen LogP contribution in [-0.2, 0) is 17.9 Å². The predicted molar refractivity (Wildman–Crippen MR) is 108 cm³/mol. The molecule has 0 radical (unpaired) electrons. The van der Waals surface area contributed by atoms with Crippen LogP contribution in [0.5, 0.6) is 5.88 Å². The number of halogens is 2. The van der Waals surface area contributed by atoms with Crippen molar-refractivity contribution in [2.75, 3.05) is 11.9 Å². The molecule has 0 saturated carbocycles. The maximum Gasteiger partial charge on any atom is 0.274 e. The average molecular weight is 437 g/mol. The van der Waals surface area contributed by atoms with E-state index in [-0.39, 0.29) is 23.3 Å². The van der Waals surface area contributed by atoms with E-state index < -0.39 is 5.91 Å². The predicted octanol–water partition coefficient (Wildman–Crippen LogP) is 4.20. The highest BCUT2D eigenvalue weighted by atomic mass is 35.5. The molecule has 1 aliphatic heterocycles. The van der Waals surface area contributed by atoms with E-state index in [0.29, 0.717) is 40.0 Å². The van der Waals surface area contributed by atoms with E-state index in [1.54, 1.807) is 36.4 Å². The Morgan fingerprint density at radius 1 is 1.29 bits per heavy atom. The second kappa shape index (κ2) is 7.56. The van der Waals surface area contributed by atoms with Crippen LogP contribution in [0.1, 0.15) is 16.2 Å². The first-order valence-electron chi connectivity index (χ1n) is 8.30. The van der Waals surface area contributed by atoms with Gasteiger partial charge >= 0.3 is 0 Å². The molecule has 2 aromatic heterocycles. The Labute approximate surface area is 175 Å². The minimum atomic E-state index is -0.415. The van der Waals surface area contributed by atoms with E-state index in [1.165, 1.54) is 4.57 Å². The number of nitrogens with zero attached hydrogens (tertiary/aromatic N) is 3. The topological polar surface area (TPSA) is 81.3 Å². The molecule has 1 aliphatic rings. The molecule has 28 heavy (non-hydrogen) atoms. The Hall–Kier alpha value is -2.39. The summed E-state index contributed by atoms with van der Waals surface area (Å²) in [5, 5.41) is 13.8. The van der Waals surface area contributed by atoms with Gasteiger partial charge in [-0.05, 0) is 42.5 Å². The molecular formula is C18H14Cl2N4O3S. The van der Waals surface area contributed by atoms with Crippen LogP contribution in [-0.4, -0.2) is 31.7 Å². The van der Waals surface area contributed by atoms with Gasteiger partial charge in [0.05, 0.1) is 23.9 Å². The molecule has 10 heteroatoms. The van der Waals surface area contributed by atoms with Crippen molar-refractivity contribution in [2.24, 2.45) is 0 Å². The van der Waals surface area contributed by atoms with Crippen molar-refractivity contribution in [3.05, 3.63) is 62.7 Å². The van der Waals surface area contributed by atoms with Crippen molar-refractivity contribution in [3.63, 3.8) is 0 Å². The van der Waals surface area contributed by atoms with Crippen molar-refractivity contribution in [3.8, 4) is 11.6 Å².